The number of carbonyl (C=O) groups is 1. The summed E-state index contributed by atoms with van der Waals surface area (Å²) in [4.78, 5) is 11.1. The zero-order valence-corrected chi connectivity index (χ0v) is 8.16. The first-order chi connectivity index (χ1) is 6.20. The lowest BCUT2D eigenvalue weighted by atomic mass is 10.1. The van der Waals surface area contributed by atoms with Crippen LogP contribution in [0.1, 0.15) is 45.4 Å². The number of hydrogen-bond donors (Lipinski definition) is 1. The summed E-state index contributed by atoms with van der Waals surface area (Å²) < 4.78 is 5.14. The van der Waals surface area contributed by atoms with Gasteiger partial charge in [-0.2, -0.15) is 0 Å². The van der Waals surface area contributed by atoms with Gasteiger partial charge in [0.15, 0.2) is 0 Å². The summed E-state index contributed by atoms with van der Waals surface area (Å²) in [5, 5.41) is 8.95. The van der Waals surface area contributed by atoms with E-state index < -0.39 is 12.1 Å². The van der Waals surface area contributed by atoms with E-state index in [1.54, 1.807) is 0 Å². The molecule has 1 aliphatic carbocycles. The molecule has 1 saturated carbocycles. The van der Waals surface area contributed by atoms with Gasteiger partial charge >= 0.3 is 5.97 Å². The van der Waals surface area contributed by atoms with Crippen molar-refractivity contribution in [2.24, 2.45) is 0 Å². The van der Waals surface area contributed by atoms with Gasteiger partial charge < -0.3 is 9.84 Å². The predicted octanol–water partition coefficient (Wildman–Crippen LogP) is 1.63. The zero-order valence-electron chi connectivity index (χ0n) is 8.16. The first kappa shape index (κ1) is 10.5. The summed E-state index contributed by atoms with van der Waals surface area (Å²) in [6.45, 7) is 1.44. The molecule has 0 aromatic rings. The van der Waals surface area contributed by atoms with Crippen LogP contribution < -0.4 is 0 Å². The minimum absolute atomic E-state index is 0.0459. The van der Waals surface area contributed by atoms with Gasteiger partial charge in [0.1, 0.15) is 12.2 Å². The van der Waals surface area contributed by atoms with Crippen LogP contribution in [0, 0.1) is 0 Å². The molecule has 3 heteroatoms. The average Bonchev–Trinajstić information content (AvgIpc) is 2.32. The number of esters is 1. The molecular formula is C10H18O3. The molecule has 0 spiro atoms. The average molecular weight is 186 g/mol. The second kappa shape index (κ2) is 5.22. The number of aliphatic hydroxyl groups is 1. The smallest absolute Gasteiger partial charge is 0.334 e. The van der Waals surface area contributed by atoms with Crippen molar-refractivity contribution in [3.8, 4) is 0 Å². The van der Waals surface area contributed by atoms with Crippen molar-refractivity contribution in [3.05, 3.63) is 0 Å². The fourth-order valence-corrected chi connectivity index (χ4v) is 1.62. The Balaban J connectivity index is 2.29. The summed E-state index contributed by atoms with van der Waals surface area (Å²) in [6.07, 6.45) is 5.73. The van der Waals surface area contributed by atoms with Crippen molar-refractivity contribution in [1.82, 2.24) is 0 Å². The lowest BCUT2D eigenvalue weighted by Gasteiger charge is -2.16. The first-order valence-electron chi connectivity index (χ1n) is 5.08. The van der Waals surface area contributed by atoms with E-state index in [1.165, 1.54) is 19.8 Å². The van der Waals surface area contributed by atoms with Crippen molar-refractivity contribution >= 4 is 5.97 Å². The SMILES string of the molecule is CC(O)C(=O)OC1CCCCCC1. The lowest BCUT2D eigenvalue weighted by Crippen LogP contribution is -2.25. The van der Waals surface area contributed by atoms with Crippen LogP contribution in [-0.4, -0.2) is 23.3 Å². The Kier molecular flexibility index (Phi) is 4.22. The number of rotatable bonds is 2. The van der Waals surface area contributed by atoms with Gasteiger partial charge in [0.05, 0.1) is 0 Å². The van der Waals surface area contributed by atoms with Crippen LogP contribution >= 0.6 is 0 Å². The van der Waals surface area contributed by atoms with Crippen LogP contribution in [-0.2, 0) is 9.53 Å². The summed E-state index contributed by atoms with van der Waals surface area (Å²) in [7, 11) is 0. The van der Waals surface area contributed by atoms with Crippen LogP contribution in [0.25, 0.3) is 0 Å². The molecule has 1 unspecified atom stereocenters. The first-order valence-corrected chi connectivity index (χ1v) is 5.08. The molecule has 1 rings (SSSR count). The van der Waals surface area contributed by atoms with Gasteiger partial charge in [-0.1, -0.05) is 12.8 Å². The maximum Gasteiger partial charge on any atom is 0.334 e. The van der Waals surface area contributed by atoms with Gasteiger partial charge in [-0.05, 0) is 32.6 Å². The van der Waals surface area contributed by atoms with Crippen molar-refractivity contribution < 1.29 is 14.6 Å². The van der Waals surface area contributed by atoms with Crippen molar-refractivity contribution in [1.29, 1.82) is 0 Å². The van der Waals surface area contributed by atoms with E-state index in [9.17, 15) is 4.79 Å². The van der Waals surface area contributed by atoms with E-state index >= 15 is 0 Å². The molecule has 1 fully saturated rings. The van der Waals surface area contributed by atoms with Crippen LogP contribution in [0.15, 0.2) is 0 Å². The molecule has 1 aliphatic rings. The Labute approximate surface area is 79.1 Å². The Morgan fingerprint density at radius 1 is 1.31 bits per heavy atom. The van der Waals surface area contributed by atoms with Gasteiger partial charge in [-0.25, -0.2) is 4.79 Å². The second-order valence-corrected chi connectivity index (χ2v) is 3.73. The van der Waals surface area contributed by atoms with Gasteiger partial charge in [0, 0.05) is 0 Å². The van der Waals surface area contributed by atoms with Crippen molar-refractivity contribution in [2.75, 3.05) is 0 Å². The molecule has 0 bridgehead atoms. The zero-order chi connectivity index (χ0) is 9.68. The highest BCUT2D eigenvalue weighted by Gasteiger charge is 2.18. The third-order valence-corrected chi connectivity index (χ3v) is 2.43. The maximum atomic E-state index is 11.1. The molecule has 0 amide bonds. The molecule has 0 radical (unpaired) electrons. The third-order valence-electron chi connectivity index (χ3n) is 2.43. The molecule has 0 saturated heterocycles. The highest BCUT2D eigenvalue weighted by molar-refractivity contribution is 5.73. The predicted molar refractivity (Wildman–Crippen MR) is 49.3 cm³/mol. The lowest BCUT2D eigenvalue weighted by molar-refractivity contribution is -0.158. The maximum absolute atomic E-state index is 11.1. The largest absolute Gasteiger partial charge is 0.460 e. The molecular weight excluding hydrogens is 168 g/mol. The third kappa shape index (κ3) is 3.77. The highest BCUT2D eigenvalue weighted by Crippen LogP contribution is 2.20. The molecule has 0 aromatic carbocycles. The standard InChI is InChI=1S/C10H18O3/c1-8(11)10(12)13-9-6-4-2-3-5-7-9/h8-9,11H,2-7H2,1H3. The van der Waals surface area contributed by atoms with E-state index in [0.717, 1.165) is 25.7 Å². The van der Waals surface area contributed by atoms with E-state index in [0.29, 0.717) is 0 Å². The Morgan fingerprint density at radius 2 is 1.85 bits per heavy atom. The summed E-state index contributed by atoms with van der Waals surface area (Å²) in [5.41, 5.74) is 0. The normalized spacial score (nSPS) is 22.0. The second-order valence-electron chi connectivity index (χ2n) is 3.73. The molecule has 1 N–H and O–H groups in total. The fraction of sp³-hybridized carbons (Fsp3) is 0.900. The van der Waals surface area contributed by atoms with Gasteiger partial charge in [0.25, 0.3) is 0 Å². The fourth-order valence-electron chi connectivity index (χ4n) is 1.62. The summed E-state index contributed by atoms with van der Waals surface area (Å²) in [5.74, 6) is -0.480. The van der Waals surface area contributed by atoms with Crippen LogP contribution in [0.3, 0.4) is 0 Å². The minimum atomic E-state index is -0.983. The molecule has 0 aromatic heterocycles. The number of aliphatic hydroxyl groups excluding tert-OH is 1. The molecule has 3 nitrogen and oxygen atoms in total. The van der Waals surface area contributed by atoms with Gasteiger partial charge in [-0.15, -0.1) is 0 Å². The van der Waals surface area contributed by atoms with E-state index in [4.69, 9.17) is 9.84 Å². The number of hydrogen-bond acceptors (Lipinski definition) is 3. The van der Waals surface area contributed by atoms with Crippen LogP contribution in [0.2, 0.25) is 0 Å². The van der Waals surface area contributed by atoms with E-state index in [1.807, 2.05) is 0 Å². The number of ether oxygens (including phenoxy) is 1. The van der Waals surface area contributed by atoms with Crippen molar-refractivity contribution in [2.45, 2.75) is 57.7 Å². The molecule has 13 heavy (non-hydrogen) atoms. The summed E-state index contributed by atoms with van der Waals surface area (Å²) >= 11 is 0. The monoisotopic (exact) mass is 186 g/mol. The van der Waals surface area contributed by atoms with Gasteiger partial charge in [0.2, 0.25) is 0 Å². The molecule has 0 aliphatic heterocycles. The number of carbonyl (C=O) groups excluding carboxylic acids is 1. The quantitative estimate of drug-likeness (QED) is 0.526. The topological polar surface area (TPSA) is 46.5 Å². The Bertz CT molecular complexity index is 158. The molecule has 1 atom stereocenters. The van der Waals surface area contributed by atoms with Crippen LogP contribution in [0.5, 0.6) is 0 Å². The van der Waals surface area contributed by atoms with E-state index in [-0.39, 0.29) is 6.10 Å². The summed E-state index contributed by atoms with van der Waals surface area (Å²) in [6, 6.07) is 0. The van der Waals surface area contributed by atoms with Gasteiger partial charge in [-0.3, -0.25) is 0 Å². The van der Waals surface area contributed by atoms with E-state index in [2.05, 4.69) is 0 Å². The Hall–Kier alpha value is -0.570. The Morgan fingerprint density at radius 3 is 2.31 bits per heavy atom. The van der Waals surface area contributed by atoms with Crippen molar-refractivity contribution in [3.63, 3.8) is 0 Å². The molecule has 76 valence electrons. The highest BCUT2D eigenvalue weighted by atomic mass is 16.6. The van der Waals surface area contributed by atoms with Crippen LogP contribution in [0.4, 0.5) is 0 Å². The molecule has 0 heterocycles. The minimum Gasteiger partial charge on any atom is -0.460 e.